The van der Waals surface area contributed by atoms with Crippen molar-refractivity contribution < 1.29 is 0 Å². The molecule has 5 aromatic carbocycles. The first kappa shape index (κ1) is 24.4. The van der Waals surface area contributed by atoms with E-state index in [2.05, 4.69) is 111 Å². The van der Waals surface area contributed by atoms with Gasteiger partial charge in [-0.1, -0.05) is 84.9 Å². The van der Waals surface area contributed by atoms with E-state index in [4.69, 9.17) is 0 Å². The van der Waals surface area contributed by atoms with Crippen molar-refractivity contribution in [3.63, 3.8) is 0 Å². The van der Waals surface area contributed by atoms with Crippen LogP contribution in [0.1, 0.15) is 17.2 Å². The van der Waals surface area contributed by atoms with Crippen LogP contribution in [0.3, 0.4) is 0 Å². The third-order valence-corrected chi connectivity index (χ3v) is 7.46. The molecule has 0 radical (unpaired) electrons. The van der Waals surface area contributed by atoms with Gasteiger partial charge >= 0.3 is 0 Å². The highest BCUT2D eigenvalue weighted by Gasteiger charge is 2.17. The Hall–Kier alpha value is -5.60. The van der Waals surface area contributed by atoms with Gasteiger partial charge in [-0.2, -0.15) is 5.26 Å². The summed E-state index contributed by atoms with van der Waals surface area (Å²) < 4.78 is 2.29. The van der Waals surface area contributed by atoms with Gasteiger partial charge in [-0.15, -0.1) is 0 Å². The third kappa shape index (κ3) is 4.32. The predicted octanol–water partition coefficient (Wildman–Crippen LogP) is 8.46. The molecular formula is C36H25N5. The molecule has 0 aliphatic carbocycles. The second-order valence-corrected chi connectivity index (χ2v) is 10.1. The lowest BCUT2D eigenvalue weighted by molar-refractivity contribution is 0.927. The normalized spacial score (nSPS) is 11.1. The Morgan fingerprint density at radius 2 is 1.10 bits per heavy atom. The molecule has 5 nitrogen and oxygen atoms in total. The van der Waals surface area contributed by atoms with Crippen LogP contribution in [-0.4, -0.2) is 19.5 Å². The topological polar surface area (TPSA) is 67.4 Å². The second-order valence-electron chi connectivity index (χ2n) is 10.1. The van der Waals surface area contributed by atoms with Crippen molar-refractivity contribution in [3.05, 3.63) is 132 Å². The zero-order chi connectivity index (χ0) is 27.9. The summed E-state index contributed by atoms with van der Waals surface area (Å²) in [6.07, 6.45) is 0. The first-order chi connectivity index (χ1) is 20.1. The highest BCUT2D eigenvalue weighted by atomic mass is 15.0. The van der Waals surface area contributed by atoms with Gasteiger partial charge in [0.05, 0.1) is 22.7 Å². The summed E-state index contributed by atoms with van der Waals surface area (Å²) in [7, 11) is 0. The second kappa shape index (κ2) is 9.86. The van der Waals surface area contributed by atoms with Crippen molar-refractivity contribution in [1.29, 1.82) is 5.26 Å². The molecule has 0 aliphatic heterocycles. The minimum atomic E-state index is 0.504. The summed E-state index contributed by atoms with van der Waals surface area (Å²) in [5.41, 5.74) is 8.92. The molecule has 0 unspecified atom stereocenters. The van der Waals surface area contributed by atoms with Gasteiger partial charge in [-0.05, 0) is 66.4 Å². The summed E-state index contributed by atoms with van der Waals surface area (Å²) in [5, 5.41) is 12.3. The van der Waals surface area contributed by atoms with Gasteiger partial charge in [0.15, 0.2) is 5.82 Å². The Kier molecular flexibility index (Phi) is 5.88. The maximum atomic E-state index is 9.98. The van der Waals surface area contributed by atoms with Gasteiger partial charge in [0.1, 0.15) is 11.6 Å². The van der Waals surface area contributed by atoms with Crippen LogP contribution in [0.5, 0.6) is 0 Å². The Labute approximate surface area is 238 Å². The lowest BCUT2D eigenvalue weighted by atomic mass is 10.0. The van der Waals surface area contributed by atoms with Gasteiger partial charge in [-0.25, -0.2) is 15.0 Å². The summed E-state index contributed by atoms with van der Waals surface area (Å²) >= 11 is 0. The highest BCUT2D eigenvalue weighted by molar-refractivity contribution is 6.11. The molecule has 0 N–H and O–H groups in total. The van der Waals surface area contributed by atoms with Gasteiger partial charge in [-0.3, -0.25) is 0 Å². The average molecular weight is 528 g/mol. The SMILES string of the molecule is Cc1nc(C)nc(-c2cc(-n3c4cc(-c5ccccc5)ccc4c4ccc(-c5ccccc5)cc43)ccc2C#N)n1. The lowest BCUT2D eigenvalue weighted by Crippen LogP contribution is -2.02. The Bertz CT molecular complexity index is 2000. The van der Waals surface area contributed by atoms with Crippen molar-refractivity contribution in [1.82, 2.24) is 19.5 Å². The summed E-state index contributed by atoms with van der Waals surface area (Å²) in [6.45, 7) is 3.69. The fourth-order valence-corrected chi connectivity index (χ4v) is 5.61. The van der Waals surface area contributed by atoms with Crippen LogP contribution >= 0.6 is 0 Å². The lowest BCUT2D eigenvalue weighted by Gasteiger charge is -2.13. The molecule has 0 amide bonds. The molecule has 2 aromatic heterocycles. The molecule has 41 heavy (non-hydrogen) atoms. The predicted molar refractivity (Wildman–Crippen MR) is 165 cm³/mol. The maximum absolute atomic E-state index is 9.98. The van der Waals surface area contributed by atoms with Crippen molar-refractivity contribution in [3.8, 4) is 45.4 Å². The van der Waals surface area contributed by atoms with Crippen LogP contribution in [0.2, 0.25) is 0 Å². The van der Waals surface area contributed by atoms with Crippen LogP contribution in [0, 0.1) is 25.2 Å². The fourth-order valence-electron chi connectivity index (χ4n) is 5.61. The highest BCUT2D eigenvalue weighted by Crippen LogP contribution is 2.38. The zero-order valence-electron chi connectivity index (χ0n) is 22.7. The molecule has 0 saturated heterocycles. The number of fused-ring (bicyclic) bond motifs is 3. The maximum Gasteiger partial charge on any atom is 0.164 e. The van der Waals surface area contributed by atoms with E-state index in [1.807, 2.05) is 44.2 Å². The largest absolute Gasteiger partial charge is 0.309 e. The molecule has 0 aliphatic rings. The Balaban J connectivity index is 1.54. The monoisotopic (exact) mass is 527 g/mol. The molecular weight excluding hydrogens is 502 g/mol. The minimum Gasteiger partial charge on any atom is -0.309 e. The number of aryl methyl sites for hydroxylation is 2. The quantitative estimate of drug-likeness (QED) is 0.230. The Morgan fingerprint density at radius 1 is 0.561 bits per heavy atom. The van der Waals surface area contributed by atoms with Crippen LogP contribution in [0.4, 0.5) is 0 Å². The van der Waals surface area contributed by atoms with Crippen molar-refractivity contribution in [2.45, 2.75) is 13.8 Å². The van der Waals surface area contributed by atoms with E-state index in [9.17, 15) is 5.26 Å². The molecule has 0 saturated carbocycles. The Morgan fingerprint density at radius 3 is 1.61 bits per heavy atom. The first-order valence-corrected chi connectivity index (χ1v) is 13.5. The molecule has 0 atom stereocenters. The van der Waals surface area contributed by atoms with E-state index in [1.165, 1.54) is 0 Å². The average Bonchev–Trinajstić information content (AvgIpc) is 3.34. The van der Waals surface area contributed by atoms with Gasteiger partial charge in [0.2, 0.25) is 0 Å². The third-order valence-electron chi connectivity index (χ3n) is 7.46. The number of hydrogen-bond acceptors (Lipinski definition) is 4. The summed E-state index contributed by atoms with van der Waals surface area (Å²) in [6, 6.07) is 42.4. The molecule has 7 rings (SSSR count). The van der Waals surface area contributed by atoms with Crippen molar-refractivity contribution in [2.75, 3.05) is 0 Å². The standard InChI is InChI=1S/C36H25N5/c1-23-38-24(2)40-36(39-23)33-21-30(16-13-29(33)22-37)41-34-19-27(25-9-5-3-6-10-25)14-17-31(34)32-18-15-28(20-35(32)41)26-11-7-4-8-12-26/h3-21H,1-2H3. The van der Waals surface area contributed by atoms with Crippen LogP contribution < -0.4 is 0 Å². The number of nitrogens with zero attached hydrogens (tertiary/aromatic N) is 5. The van der Waals surface area contributed by atoms with E-state index in [1.54, 1.807) is 0 Å². The van der Waals surface area contributed by atoms with Crippen LogP contribution in [0.25, 0.3) is 61.1 Å². The number of aromatic nitrogens is 4. The van der Waals surface area contributed by atoms with Gasteiger partial charge in [0.25, 0.3) is 0 Å². The fraction of sp³-hybridized carbons (Fsp3) is 0.0556. The van der Waals surface area contributed by atoms with E-state index in [0.29, 0.717) is 28.6 Å². The smallest absolute Gasteiger partial charge is 0.164 e. The number of nitriles is 1. The molecule has 0 bridgehead atoms. The first-order valence-electron chi connectivity index (χ1n) is 13.5. The number of hydrogen-bond donors (Lipinski definition) is 0. The van der Waals surface area contributed by atoms with Crippen molar-refractivity contribution >= 4 is 21.8 Å². The van der Waals surface area contributed by atoms with Crippen LogP contribution in [-0.2, 0) is 0 Å². The van der Waals surface area contributed by atoms with Gasteiger partial charge < -0.3 is 4.57 Å². The molecule has 194 valence electrons. The van der Waals surface area contributed by atoms with Crippen molar-refractivity contribution in [2.24, 2.45) is 0 Å². The molecule has 0 spiro atoms. The zero-order valence-corrected chi connectivity index (χ0v) is 22.7. The summed E-state index contributed by atoms with van der Waals surface area (Å²) in [5.74, 6) is 1.75. The number of rotatable bonds is 4. The summed E-state index contributed by atoms with van der Waals surface area (Å²) in [4.78, 5) is 13.5. The minimum absolute atomic E-state index is 0.504. The molecule has 5 heteroatoms. The molecule has 0 fully saturated rings. The van der Waals surface area contributed by atoms with E-state index in [0.717, 1.165) is 49.7 Å². The number of benzene rings is 5. The van der Waals surface area contributed by atoms with Gasteiger partial charge in [0, 0.05) is 22.0 Å². The van der Waals surface area contributed by atoms with E-state index in [-0.39, 0.29) is 0 Å². The molecule has 2 heterocycles. The molecule has 7 aromatic rings. The van der Waals surface area contributed by atoms with Crippen LogP contribution in [0.15, 0.2) is 115 Å². The van der Waals surface area contributed by atoms with E-state index < -0.39 is 0 Å². The van der Waals surface area contributed by atoms with E-state index >= 15 is 0 Å².